The second-order valence-electron chi connectivity index (χ2n) is 9.34. The molecule has 5 rings (SSSR count). The van der Waals surface area contributed by atoms with Crippen molar-refractivity contribution in [2.75, 3.05) is 19.0 Å². The number of hydrogen-bond donors (Lipinski definition) is 0. The van der Waals surface area contributed by atoms with Gasteiger partial charge in [0, 0.05) is 10.6 Å². The molecule has 0 saturated carbocycles. The summed E-state index contributed by atoms with van der Waals surface area (Å²) in [7, 11) is 0. The Kier molecular flexibility index (Phi) is 8.30. The Balaban J connectivity index is 1.37. The number of fused-ring (bicyclic) bond motifs is 2. The van der Waals surface area contributed by atoms with Gasteiger partial charge in [-0.25, -0.2) is 4.79 Å². The third-order valence-electron chi connectivity index (χ3n) is 6.81. The van der Waals surface area contributed by atoms with Crippen LogP contribution in [-0.4, -0.2) is 24.9 Å². The van der Waals surface area contributed by atoms with E-state index in [1.54, 1.807) is 18.7 Å². The van der Waals surface area contributed by atoms with Crippen LogP contribution in [0.2, 0.25) is 0 Å². The number of hydrogen-bond acceptors (Lipinski definition) is 4. The molecule has 0 saturated heterocycles. The molecule has 0 fully saturated rings. The number of carbonyl (C=O) groups is 1. The highest BCUT2D eigenvalue weighted by Crippen LogP contribution is 2.36. The molecule has 0 heterocycles. The first-order valence-corrected chi connectivity index (χ1v) is 14.1. The van der Waals surface area contributed by atoms with Crippen molar-refractivity contribution in [3.8, 4) is 16.9 Å². The molecule has 0 aromatic heterocycles. The fourth-order valence-electron chi connectivity index (χ4n) is 4.94. The smallest absolute Gasteiger partial charge is 0.344 e. The van der Waals surface area contributed by atoms with Crippen molar-refractivity contribution in [3.63, 3.8) is 0 Å². The molecule has 0 amide bonds. The van der Waals surface area contributed by atoms with Gasteiger partial charge in [0.2, 0.25) is 0 Å². The summed E-state index contributed by atoms with van der Waals surface area (Å²) in [4.78, 5) is 12.8. The third-order valence-corrected chi connectivity index (χ3v) is 7.73. The first kappa shape index (κ1) is 25.9. The number of benzene rings is 4. The topological polar surface area (TPSA) is 35.5 Å². The molecule has 0 bridgehead atoms. The van der Waals surface area contributed by atoms with Crippen LogP contribution >= 0.6 is 11.8 Å². The molecule has 1 aliphatic carbocycles. The van der Waals surface area contributed by atoms with Gasteiger partial charge < -0.3 is 9.47 Å². The first-order valence-electron chi connectivity index (χ1n) is 13.1. The summed E-state index contributed by atoms with van der Waals surface area (Å²) in [5.41, 5.74) is 10.3. The zero-order valence-corrected chi connectivity index (χ0v) is 22.7. The summed E-state index contributed by atoms with van der Waals surface area (Å²) >= 11 is 1.80. The van der Waals surface area contributed by atoms with Gasteiger partial charge in [0.05, 0.1) is 6.61 Å². The van der Waals surface area contributed by atoms with Crippen LogP contribution < -0.4 is 4.74 Å². The molecule has 4 aromatic rings. The molecule has 3 nitrogen and oxygen atoms in total. The quantitative estimate of drug-likeness (QED) is 0.175. The number of carbonyl (C=O) groups excluding carboxylic acids is 1. The minimum absolute atomic E-state index is 0.0714. The second kappa shape index (κ2) is 12.2. The van der Waals surface area contributed by atoms with Crippen LogP contribution in [0.1, 0.15) is 34.7 Å². The maximum Gasteiger partial charge on any atom is 0.344 e. The van der Waals surface area contributed by atoms with Gasteiger partial charge in [0.15, 0.2) is 6.61 Å². The maximum atomic E-state index is 11.6. The van der Waals surface area contributed by atoms with Gasteiger partial charge in [-0.15, -0.1) is 11.8 Å². The fraction of sp³-hybridized carbons (Fsp3) is 0.206. The minimum atomic E-state index is -0.350. The fourth-order valence-corrected chi connectivity index (χ4v) is 5.81. The van der Waals surface area contributed by atoms with Crippen molar-refractivity contribution in [3.05, 3.63) is 125 Å². The van der Waals surface area contributed by atoms with Gasteiger partial charge >= 0.3 is 5.97 Å². The molecular weight excluding hydrogens is 488 g/mol. The summed E-state index contributed by atoms with van der Waals surface area (Å²) in [5.74, 6) is 1.21. The molecule has 4 heteroatoms. The Morgan fingerprint density at radius 2 is 1.61 bits per heavy atom. The third kappa shape index (κ3) is 6.03. The van der Waals surface area contributed by atoms with E-state index in [2.05, 4.69) is 91.0 Å². The van der Waals surface area contributed by atoms with Crippen molar-refractivity contribution in [2.45, 2.75) is 31.6 Å². The van der Waals surface area contributed by atoms with Crippen LogP contribution in [0.25, 0.3) is 16.7 Å². The second-order valence-corrected chi connectivity index (χ2v) is 10.4. The lowest BCUT2D eigenvalue weighted by Crippen LogP contribution is -2.14. The van der Waals surface area contributed by atoms with E-state index in [-0.39, 0.29) is 12.6 Å². The number of esters is 1. The molecule has 38 heavy (non-hydrogen) atoms. The van der Waals surface area contributed by atoms with E-state index in [4.69, 9.17) is 9.47 Å². The summed E-state index contributed by atoms with van der Waals surface area (Å²) < 4.78 is 10.6. The largest absolute Gasteiger partial charge is 0.482 e. The first-order chi connectivity index (χ1) is 18.6. The summed E-state index contributed by atoms with van der Waals surface area (Å²) in [6.07, 6.45) is 4.44. The van der Waals surface area contributed by atoms with Crippen LogP contribution in [-0.2, 0) is 22.4 Å². The zero-order chi connectivity index (χ0) is 26.3. The molecule has 0 atom stereocenters. The van der Waals surface area contributed by atoms with E-state index < -0.39 is 0 Å². The van der Waals surface area contributed by atoms with Crippen molar-refractivity contribution in [1.82, 2.24) is 0 Å². The highest BCUT2D eigenvalue weighted by Gasteiger charge is 2.18. The zero-order valence-electron chi connectivity index (χ0n) is 21.9. The van der Waals surface area contributed by atoms with E-state index in [0.29, 0.717) is 12.4 Å². The van der Waals surface area contributed by atoms with Gasteiger partial charge in [-0.05, 0) is 89.4 Å². The van der Waals surface area contributed by atoms with E-state index >= 15 is 0 Å². The molecule has 1 aliphatic rings. The predicted molar refractivity (Wildman–Crippen MR) is 157 cm³/mol. The SMILES string of the molecule is CCOC(=O)COc1ccc(SCC=C2c3ccccc3CCc3cc(-c4ccccc4)ccc32)cc1C. The molecule has 0 N–H and O–H groups in total. The lowest BCUT2D eigenvalue weighted by molar-refractivity contribution is -0.145. The number of aryl methyl sites for hydroxylation is 3. The monoisotopic (exact) mass is 520 g/mol. The van der Waals surface area contributed by atoms with E-state index in [1.165, 1.54) is 43.8 Å². The van der Waals surface area contributed by atoms with Crippen molar-refractivity contribution in [1.29, 1.82) is 0 Å². The Morgan fingerprint density at radius 1 is 0.842 bits per heavy atom. The van der Waals surface area contributed by atoms with Crippen LogP contribution in [0.15, 0.2) is 102 Å². The van der Waals surface area contributed by atoms with Crippen LogP contribution in [0.3, 0.4) is 0 Å². The Morgan fingerprint density at radius 3 is 2.42 bits per heavy atom. The van der Waals surface area contributed by atoms with Gasteiger partial charge in [-0.1, -0.05) is 78.9 Å². The van der Waals surface area contributed by atoms with E-state index in [9.17, 15) is 4.79 Å². The molecule has 0 unspecified atom stereocenters. The lowest BCUT2D eigenvalue weighted by atomic mass is 9.92. The van der Waals surface area contributed by atoms with Crippen molar-refractivity contribution >= 4 is 23.3 Å². The average Bonchev–Trinajstić information content (AvgIpc) is 3.10. The van der Waals surface area contributed by atoms with Crippen molar-refractivity contribution < 1.29 is 14.3 Å². The van der Waals surface area contributed by atoms with Crippen LogP contribution in [0, 0.1) is 6.92 Å². The Hall–Kier alpha value is -3.76. The van der Waals surface area contributed by atoms with Gasteiger partial charge in [0.25, 0.3) is 0 Å². The molecule has 192 valence electrons. The molecular formula is C34H32O3S. The highest BCUT2D eigenvalue weighted by atomic mass is 32.2. The van der Waals surface area contributed by atoms with Crippen molar-refractivity contribution in [2.24, 2.45) is 0 Å². The van der Waals surface area contributed by atoms with Gasteiger partial charge in [-0.2, -0.15) is 0 Å². The Labute approximate surface area is 229 Å². The van der Waals surface area contributed by atoms with Gasteiger partial charge in [0.1, 0.15) is 5.75 Å². The molecule has 0 radical (unpaired) electrons. The minimum Gasteiger partial charge on any atom is -0.482 e. The summed E-state index contributed by atoms with van der Waals surface area (Å²) in [5, 5.41) is 0. The highest BCUT2D eigenvalue weighted by molar-refractivity contribution is 7.99. The number of thioether (sulfide) groups is 1. The Bertz CT molecular complexity index is 1460. The maximum absolute atomic E-state index is 11.6. The van der Waals surface area contributed by atoms with Crippen LogP contribution in [0.5, 0.6) is 5.75 Å². The summed E-state index contributed by atoms with van der Waals surface area (Å²) in [6.45, 7) is 4.08. The summed E-state index contributed by atoms with van der Waals surface area (Å²) in [6, 6.07) is 32.4. The van der Waals surface area contributed by atoms with E-state index in [1.807, 2.05) is 13.0 Å². The lowest BCUT2D eigenvalue weighted by Gasteiger charge is -2.14. The van der Waals surface area contributed by atoms with Crippen LogP contribution in [0.4, 0.5) is 0 Å². The molecule has 0 spiro atoms. The number of rotatable bonds is 8. The van der Waals surface area contributed by atoms with Gasteiger partial charge in [-0.3, -0.25) is 0 Å². The standard InChI is InChI=1S/C34H32O3S/c1-3-36-34(35)23-37-33-18-16-29(21-24(33)2)38-20-19-32-30-12-8-7-11-26(30)13-14-28-22-27(15-17-31(28)32)25-9-5-4-6-10-25/h4-12,15-19,21-22H,3,13-14,20,23H2,1-2H3. The normalized spacial score (nSPS) is 13.4. The predicted octanol–water partition coefficient (Wildman–Crippen LogP) is 7.93. The average molecular weight is 521 g/mol. The van der Waals surface area contributed by atoms with E-state index in [0.717, 1.165) is 24.2 Å². The number of ether oxygens (including phenoxy) is 2. The molecule has 0 aliphatic heterocycles. The molecule has 4 aromatic carbocycles.